The maximum Gasteiger partial charge on any atom is 0.310 e. The topological polar surface area (TPSA) is 47.6 Å². The Morgan fingerprint density at radius 2 is 2.11 bits per heavy atom. The van der Waals surface area contributed by atoms with Gasteiger partial charge in [-0.1, -0.05) is 13.0 Å². The second-order valence-electron chi connectivity index (χ2n) is 4.20. The van der Waals surface area contributed by atoms with E-state index in [1.807, 2.05) is 6.92 Å². The molecule has 0 fully saturated rings. The zero-order valence-corrected chi connectivity index (χ0v) is 11.7. The fourth-order valence-corrected chi connectivity index (χ4v) is 2.17. The van der Waals surface area contributed by atoms with Gasteiger partial charge in [0.25, 0.3) is 0 Å². The van der Waals surface area contributed by atoms with Gasteiger partial charge in [-0.25, -0.2) is 4.39 Å². The lowest BCUT2D eigenvalue weighted by atomic mass is 9.91. The van der Waals surface area contributed by atoms with Crippen LogP contribution in [0, 0.1) is 11.7 Å². The van der Waals surface area contributed by atoms with E-state index in [-0.39, 0.29) is 23.7 Å². The van der Waals surface area contributed by atoms with Crippen LogP contribution < -0.4 is 10.1 Å². The number of ether oxygens (including phenoxy) is 2. The first-order valence-electron chi connectivity index (χ1n) is 6.17. The monoisotopic (exact) mass is 269 g/mol. The molecule has 1 aromatic rings. The number of rotatable bonds is 6. The molecule has 4 nitrogen and oxygen atoms in total. The maximum atomic E-state index is 13.7. The molecule has 0 spiro atoms. The SMILES string of the molecule is CCC(C(=O)OC)C(NC)c1ccc(OC)c(F)c1. The largest absolute Gasteiger partial charge is 0.494 e. The van der Waals surface area contributed by atoms with Crippen LogP contribution in [0.2, 0.25) is 0 Å². The molecule has 0 aromatic heterocycles. The van der Waals surface area contributed by atoms with Crippen LogP contribution in [-0.4, -0.2) is 27.2 Å². The molecule has 0 saturated heterocycles. The Labute approximate surface area is 112 Å². The summed E-state index contributed by atoms with van der Waals surface area (Å²) < 4.78 is 23.4. The minimum atomic E-state index is -0.444. The minimum Gasteiger partial charge on any atom is -0.494 e. The Balaban J connectivity index is 3.08. The zero-order valence-electron chi connectivity index (χ0n) is 11.7. The summed E-state index contributed by atoms with van der Waals surface area (Å²) in [6, 6.07) is 4.39. The van der Waals surface area contributed by atoms with Gasteiger partial charge >= 0.3 is 5.97 Å². The molecule has 0 bridgehead atoms. The van der Waals surface area contributed by atoms with Crippen molar-refractivity contribution in [2.45, 2.75) is 19.4 Å². The number of carbonyl (C=O) groups is 1. The normalized spacial score (nSPS) is 13.7. The molecule has 0 aliphatic carbocycles. The zero-order chi connectivity index (χ0) is 14.4. The summed E-state index contributed by atoms with van der Waals surface area (Å²) in [5.41, 5.74) is 0.693. The Morgan fingerprint density at radius 3 is 2.53 bits per heavy atom. The van der Waals surface area contributed by atoms with Crippen LogP contribution in [0.4, 0.5) is 4.39 Å². The molecule has 2 unspecified atom stereocenters. The number of benzene rings is 1. The molecule has 0 heterocycles. The van der Waals surface area contributed by atoms with Crippen molar-refractivity contribution < 1.29 is 18.7 Å². The molecule has 0 amide bonds. The van der Waals surface area contributed by atoms with E-state index in [0.29, 0.717) is 12.0 Å². The minimum absolute atomic E-state index is 0.185. The number of esters is 1. The van der Waals surface area contributed by atoms with Crippen molar-refractivity contribution in [1.29, 1.82) is 0 Å². The molecule has 106 valence electrons. The van der Waals surface area contributed by atoms with Crippen LogP contribution >= 0.6 is 0 Å². The summed E-state index contributed by atoms with van der Waals surface area (Å²) in [6.45, 7) is 1.89. The second-order valence-corrected chi connectivity index (χ2v) is 4.20. The van der Waals surface area contributed by atoms with Gasteiger partial charge in [0.1, 0.15) is 0 Å². The highest BCUT2D eigenvalue weighted by Crippen LogP contribution is 2.28. The van der Waals surface area contributed by atoms with Crippen LogP contribution in [0.3, 0.4) is 0 Å². The number of nitrogens with one attached hydrogen (secondary N) is 1. The first-order chi connectivity index (χ1) is 9.08. The quantitative estimate of drug-likeness (QED) is 0.805. The van der Waals surface area contributed by atoms with Gasteiger partial charge in [0.15, 0.2) is 11.6 Å². The van der Waals surface area contributed by atoms with Crippen molar-refractivity contribution in [3.05, 3.63) is 29.6 Å². The molecule has 5 heteroatoms. The predicted octanol–water partition coefficient (Wildman–Crippen LogP) is 2.29. The lowest BCUT2D eigenvalue weighted by molar-refractivity contribution is -0.146. The molecule has 0 aliphatic heterocycles. The smallest absolute Gasteiger partial charge is 0.310 e. The van der Waals surface area contributed by atoms with Crippen molar-refractivity contribution >= 4 is 5.97 Å². The Hall–Kier alpha value is -1.62. The van der Waals surface area contributed by atoms with Gasteiger partial charge in [-0.05, 0) is 31.2 Å². The van der Waals surface area contributed by atoms with Crippen LogP contribution in [-0.2, 0) is 9.53 Å². The average Bonchev–Trinajstić information content (AvgIpc) is 2.43. The first-order valence-corrected chi connectivity index (χ1v) is 6.17. The fourth-order valence-electron chi connectivity index (χ4n) is 2.17. The third-order valence-corrected chi connectivity index (χ3v) is 3.19. The van der Waals surface area contributed by atoms with E-state index in [1.54, 1.807) is 19.2 Å². The van der Waals surface area contributed by atoms with Gasteiger partial charge in [0.05, 0.1) is 20.1 Å². The van der Waals surface area contributed by atoms with Crippen LogP contribution in [0.5, 0.6) is 5.75 Å². The van der Waals surface area contributed by atoms with Crippen molar-refractivity contribution in [2.24, 2.45) is 5.92 Å². The molecule has 19 heavy (non-hydrogen) atoms. The molecule has 1 aromatic carbocycles. The van der Waals surface area contributed by atoms with E-state index in [9.17, 15) is 9.18 Å². The van der Waals surface area contributed by atoms with E-state index in [4.69, 9.17) is 9.47 Å². The van der Waals surface area contributed by atoms with E-state index in [2.05, 4.69) is 5.32 Å². The number of methoxy groups -OCH3 is 2. The molecular formula is C14H20FNO3. The Kier molecular flexibility index (Phi) is 5.76. The standard InChI is InChI=1S/C14H20FNO3/c1-5-10(14(17)19-4)13(16-2)9-6-7-12(18-3)11(15)8-9/h6-8,10,13,16H,5H2,1-4H3. The summed E-state index contributed by atoms with van der Waals surface area (Å²) in [7, 11) is 4.50. The molecule has 1 rings (SSSR count). The molecule has 2 atom stereocenters. The summed E-state index contributed by atoms with van der Waals surface area (Å²) in [6.07, 6.45) is 0.603. The number of hydrogen-bond donors (Lipinski definition) is 1. The number of hydrogen-bond acceptors (Lipinski definition) is 4. The Bertz CT molecular complexity index is 437. The van der Waals surface area contributed by atoms with Crippen molar-refractivity contribution in [3.63, 3.8) is 0 Å². The summed E-state index contributed by atoms with van der Waals surface area (Å²) in [5, 5.41) is 3.04. The lowest BCUT2D eigenvalue weighted by Gasteiger charge is -2.24. The third kappa shape index (κ3) is 3.44. The van der Waals surface area contributed by atoms with Gasteiger partial charge < -0.3 is 14.8 Å². The van der Waals surface area contributed by atoms with Crippen molar-refractivity contribution in [2.75, 3.05) is 21.3 Å². The van der Waals surface area contributed by atoms with Crippen LogP contribution in [0.25, 0.3) is 0 Å². The van der Waals surface area contributed by atoms with E-state index >= 15 is 0 Å². The summed E-state index contributed by atoms with van der Waals surface area (Å²) >= 11 is 0. The lowest BCUT2D eigenvalue weighted by Crippen LogP contribution is -2.31. The van der Waals surface area contributed by atoms with E-state index in [0.717, 1.165) is 0 Å². The highest BCUT2D eigenvalue weighted by atomic mass is 19.1. The molecule has 0 radical (unpaired) electrons. The third-order valence-electron chi connectivity index (χ3n) is 3.19. The molecular weight excluding hydrogens is 249 g/mol. The Morgan fingerprint density at radius 1 is 1.42 bits per heavy atom. The van der Waals surface area contributed by atoms with Crippen molar-refractivity contribution in [1.82, 2.24) is 5.32 Å². The maximum absolute atomic E-state index is 13.7. The summed E-state index contributed by atoms with van der Waals surface area (Å²) in [4.78, 5) is 11.7. The predicted molar refractivity (Wildman–Crippen MR) is 70.5 cm³/mol. The van der Waals surface area contributed by atoms with Gasteiger partial charge in [-0.3, -0.25) is 4.79 Å². The summed E-state index contributed by atoms with van der Waals surface area (Å²) in [5.74, 6) is -0.925. The average molecular weight is 269 g/mol. The fraction of sp³-hybridized carbons (Fsp3) is 0.500. The molecule has 0 aliphatic rings. The second kappa shape index (κ2) is 7.09. The molecule has 0 saturated carbocycles. The van der Waals surface area contributed by atoms with Gasteiger partial charge in [-0.2, -0.15) is 0 Å². The van der Waals surface area contributed by atoms with Crippen LogP contribution in [0.1, 0.15) is 24.9 Å². The van der Waals surface area contributed by atoms with Crippen LogP contribution in [0.15, 0.2) is 18.2 Å². The number of carbonyl (C=O) groups excluding carboxylic acids is 1. The van der Waals surface area contributed by atoms with Gasteiger partial charge in [0.2, 0.25) is 0 Å². The van der Waals surface area contributed by atoms with Gasteiger partial charge in [-0.15, -0.1) is 0 Å². The molecule has 1 N–H and O–H groups in total. The van der Waals surface area contributed by atoms with Crippen molar-refractivity contribution in [3.8, 4) is 5.75 Å². The van der Waals surface area contributed by atoms with Gasteiger partial charge in [0, 0.05) is 6.04 Å². The van der Waals surface area contributed by atoms with E-state index < -0.39 is 5.82 Å². The highest BCUT2D eigenvalue weighted by molar-refractivity contribution is 5.73. The highest BCUT2D eigenvalue weighted by Gasteiger charge is 2.28. The first kappa shape index (κ1) is 15.4. The number of halogens is 1. The van der Waals surface area contributed by atoms with E-state index in [1.165, 1.54) is 20.3 Å².